The maximum Gasteiger partial charge on any atom is 0.301 e. The van der Waals surface area contributed by atoms with Gasteiger partial charge >= 0.3 is 5.91 Å². The van der Waals surface area contributed by atoms with Gasteiger partial charge in [0.25, 0.3) is 5.78 Å². The number of amides is 1. The molecule has 1 saturated heterocycles. The van der Waals surface area contributed by atoms with Gasteiger partial charge in [-0.1, -0.05) is 71.5 Å². The molecule has 1 atom stereocenters. The lowest BCUT2D eigenvalue weighted by atomic mass is 9.94. The summed E-state index contributed by atoms with van der Waals surface area (Å²) in [6.45, 7) is 4.22. The molecule has 42 heavy (non-hydrogen) atoms. The second-order valence-corrected chi connectivity index (χ2v) is 11.2. The fourth-order valence-corrected chi connectivity index (χ4v) is 6.18. The van der Waals surface area contributed by atoms with Crippen LogP contribution in [0.5, 0.6) is 11.5 Å². The van der Waals surface area contributed by atoms with E-state index in [0.29, 0.717) is 39.9 Å². The Hall–Kier alpha value is -4.95. The van der Waals surface area contributed by atoms with Crippen molar-refractivity contribution >= 4 is 44.1 Å². The summed E-state index contributed by atoms with van der Waals surface area (Å²) in [5.41, 5.74) is 4.60. The number of aliphatic hydroxyl groups is 1. The summed E-state index contributed by atoms with van der Waals surface area (Å²) in [6, 6.07) is 27.3. The Morgan fingerprint density at radius 1 is 0.952 bits per heavy atom. The van der Waals surface area contributed by atoms with Crippen LogP contribution in [0.15, 0.2) is 96.6 Å². The Morgan fingerprint density at radius 3 is 2.50 bits per heavy atom. The van der Waals surface area contributed by atoms with Gasteiger partial charge in [-0.2, -0.15) is 0 Å². The lowest BCUT2D eigenvalue weighted by Crippen LogP contribution is -2.29. The van der Waals surface area contributed by atoms with E-state index in [-0.39, 0.29) is 11.3 Å². The summed E-state index contributed by atoms with van der Waals surface area (Å²) in [6.07, 6.45) is 0. The molecule has 1 amide bonds. The highest BCUT2D eigenvalue weighted by Gasteiger charge is 2.48. The molecule has 0 spiro atoms. The molecular weight excluding hydrogens is 548 g/mol. The minimum absolute atomic E-state index is 0.0137. The maximum atomic E-state index is 13.6. The van der Waals surface area contributed by atoms with E-state index in [9.17, 15) is 14.7 Å². The molecular formula is C34H28N2O5S. The van der Waals surface area contributed by atoms with E-state index in [1.165, 1.54) is 16.2 Å². The summed E-state index contributed by atoms with van der Waals surface area (Å²) in [4.78, 5) is 33.3. The Kier molecular flexibility index (Phi) is 7.22. The van der Waals surface area contributed by atoms with Gasteiger partial charge in [0.2, 0.25) is 0 Å². The topological polar surface area (TPSA) is 89.0 Å². The number of aryl methyl sites for hydroxylation is 2. The van der Waals surface area contributed by atoms with Gasteiger partial charge in [-0.3, -0.25) is 14.5 Å². The van der Waals surface area contributed by atoms with E-state index < -0.39 is 17.7 Å². The zero-order chi connectivity index (χ0) is 29.4. The molecule has 210 valence electrons. The number of fused-ring (bicyclic) bond motifs is 1. The van der Waals surface area contributed by atoms with Crippen molar-refractivity contribution in [1.82, 2.24) is 4.98 Å². The molecule has 4 aromatic carbocycles. The number of aromatic nitrogens is 1. The van der Waals surface area contributed by atoms with Crippen molar-refractivity contribution < 1.29 is 24.2 Å². The van der Waals surface area contributed by atoms with Crippen molar-refractivity contribution in [1.29, 1.82) is 0 Å². The molecule has 6 rings (SSSR count). The van der Waals surface area contributed by atoms with Crippen LogP contribution < -0.4 is 14.4 Å². The Balaban J connectivity index is 1.42. The first-order chi connectivity index (χ1) is 20.3. The molecule has 0 radical (unpaired) electrons. The number of nitrogens with zero attached hydrogens (tertiary/aromatic N) is 2. The number of hydrogen-bond acceptors (Lipinski definition) is 7. The molecule has 1 fully saturated rings. The van der Waals surface area contributed by atoms with Crippen LogP contribution in [-0.4, -0.2) is 28.9 Å². The second kappa shape index (κ2) is 11.1. The van der Waals surface area contributed by atoms with Crippen LogP contribution in [0.3, 0.4) is 0 Å². The third-order valence-corrected chi connectivity index (χ3v) is 8.30. The highest BCUT2D eigenvalue weighted by Crippen LogP contribution is 2.45. The largest absolute Gasteiger partial charge is 0.507 e. The van der Waals surface area contributed by atoms with E-state index in [4.69, 9.17) is 9.47 Å². The monoisotopic (exact) mass is 576 g/mol. The van der Waals surface area contributed by atoms with E-state index in [1.54, 1.807) is 31.4 Å². The van der Waals surface area contributed by atoms with Crippen LogP contribution in [0, 0.1) is 13.8 Å². The van der Waals surface area contributed by atoms with Gasteiger partial charge in [0, 0.05) is 5.56 Å². The van der Waals surface area contributed by atoms with Gasteiger partial charge in [-0.25, -0.2) is 4.98 Å². The number of ketones is 1. The average molecular weight is 577 g/mol. The minimum Gasteiger partial charge on any atom is -0.507 e. The third kappa shape index (κ3) is 5.01. The molecule has 2 heterocycles. The van der Waals surface area contributed by atoms with E-state index in [0.717, 1.165) is 21.4 Å². The van der Waals surface area contributed by atoms with E-state index >= 15 is 0 Å². The van der Waals surface area contributed by atoms with E-state index in [2.05, 4.69) is 4.98 Å². The number of hydrogen-bond donors (Lipinski definition) is 1. The van der Waals surface area contributed by atoms with Gasteiger partial charge < -0.3 is 14.6 Å². The number of ether oxygens (including phenoxy) is 2. The lowest BCUT2D eigenvalue weighted by Gasteiger charge is -2.23. The summed E-state index contributed by atoms with van der Waals surface area (Å²) in [5, 5.41) is 12.0. The Labute approximate surface area is 247 Å². The molecule has 5 aromatic rings. The molecule has 1 aromatic heterocycles. The van der Waals surface area contributed by atoms with Crippen molar-refractivity contribution in [3.05, 3.63) is 124 Å². The first-order valence-corrected chi connectivity index (χ1v) is 14.3. The predicted molar refractivity (Wildman–Crippen MR) is 164 cm³/mol. The number of aliphatic hydroxyl groups excluding tert-OH is 1. The van der Waals surface area contributed by atoms with Crippen LogP contribution in [0.4, 0.5) is 5.13 Å². The summed E-state index contributed by atoms with van der Waals surface area (Å²) in [5.74, 6) is -0.424. The van der Waals surface area contributed by atoms with Gasteiger partial charge in [-0.15, -0.1) is 0 Å². The van der Waals surface area contributed by atoms with Crippen molar-refractivity contribution in [3.63, 3.8) is 0 Å². The standard InChI is InChI=1S/C34H28N2O5S/c1-20-8-7-11-23(16-20)30-29(31(37)24-12-15-27(21(2)17-24)41-19-22-9-5-4-6-10-22)32(38)33(39)36(30)34-35-26-14-13-25(40-3)18-28(26)42-34/h4-18,30,37H,19H2,1-3H3/b31-29+. The first kappa shape index (κ1) is 27.2. The molecule has 1 aliphatic heterocycles. The molecule has 1 aliphatic rings. The summed E-state index contributed by atoms with van der Waals surface area (Å²) < 4.78 is 12.2. The highest BCUT2D eigenvalue weighted by molar-refractivity contribution is 7.22. The van der Waals surface area contributed by atoms with E-state index in [1.807, 2.05) is 80.6 Å². The van der Waals surface area contributed by atoms with Crippen LogP contribution in [0.25, 0.3) is 16.0 Å². The van der Waals surface area contributed by atoms with Crippen LogP contribution in [0.1, 0.15) is 33.9 Å². The van der Waals surface area contributed by atoms with Gasteiger partial charge in [0.15, 0.2) is 5.13 Å². The van der Waals surface area contributed by atoms with Gasteiger partial charge in [0.05, 0.1) is 28.9 Å². The zero-order valence-electron chi connectivity index (χ0n) is 23.3. The fraction of sp³-hybridized carbons (Fsp3) is 0.147. The van der Waals surface area contributed by atoms with Crippen LogP contribution in [0.2, 0.25) is 0 Å². The maximum absolute atomic E-state index is 13.6. The number of carbonyl (C=O) groups is 2. The Bertz CT molecular complexity index is 1860. The number of rotatable bonds is 7. The summed E-state index contributed by atoms with van der Waals surface area (Å²) >= 11 is 1.29. The number of benzene rings is 4. The quantitative estimate of drug-likeness (QED) is 0.126. The Morgan fingerprint density at radius 2 is 1.76 bits per heavy atom. The number of methoxy groups -OCH3 is 1. The SMILES string of the molecule is COc1ccc2nc(N3C(=O)C(=O)/C(=C(/O)c4ccc(OCc5ccccc5)c(C)c4)C3c3cccc(C)c3)sc2c1. The van der Waals surface area contributed by atoms with Crippen molar-refractivity contribution in [2.45, 2.75) is 26.5 Å². The summed E-state index contributed by atoms with van der Waals surface area (Å²) in [7, 11) is 1.59. The molecule has 7 nitrogen and oxygen atoms in total. The number of anilines is 1. The van der Waals surface area contributed by atoms with Crippen molar-refractivity contribution in [2.24, 2.45) is 0 Å². The average Bonchev–Trinajstić information content (AvgIpc) is 3.54. The van der Waals surface area contributed by atoms with Gasteiger partial charge in [0.1, 0.15) is 23.9 Å². The first-order valence-electron chi connectivity index (χ1n) is 13.4. The number of thiazole rings is 1. The van der Waals surface area contributed by atoms with Crippen LogP contribution in [-0.2, 0) is 16.2 Å². The fourth-order valence-electron chi connectivity index (χ4n) is 5.16. The second-order valence-electron chi connectivity index (χ2n) is 10.2. The number of carbonyl (C=O) groups excluding carboxylic acids is 2. The predicted octanol–water partition coefficient (Wildman–Crippen LogP) is 7.13. The molecule has 0 aliphatic carbocycles. The normalized spacial score (nSPS) is 16.3. The third-order valence-electron chi connectivity index (χ3n) is 7.28. The minimum atomic E-state index is -0.860. The molecule has 1 N–H and O–H groups in total. The molecule has 0 saturated carbocycles. The molecule has 0 bridgehead atoms. The molecule has 1 unspecified atom stereocenters. The number of Topliss-reactive ketones (excluding diaryl/α,β-unsaturated/α-hetero) is 1. The highest BCUT2D eigenvalue weighted by atomic mass is 32.1. The van der Waals surface area contributed by atoms with Gasteiger partial charge in [-0.05, 0) is 66.9 Å². The zero-order valence-corrected chi connectivity index (χ0v) is 24.1. The van der Waals surface area contributed by atoms with Crippen molar-refractivity contribution in [2.75, 3.05) is 12.0 Å². The smallest absolute Gasteiger partial charge is 0.301 e. The van der Waals surface area contributed by atoms with Crippen LogP contribution >= 0.6 is 11.3 Å². The van der Waals surface area contributed by atoms with Crippen molar-refractivity contribution in [3.8, 4) is 11.5 Å². The lowest BCUT2D eigenvalue weighted by molar-refractivity contribution is -0.132. The molecule has 8 heteroatoms.